The van der Waals surface area contributed by atoms with Crippen LogP contribution in [0.5, 0.6) is 0 Å². The molecule has 2 aromatic carbocycles. The lowest BCUT2D eigenvalue weighted by Gasteiger charge is -2.21. The minimum absolute atomic E-state index is 0.360. The van der Waals surface area contributed by atoms with Crippen LogP contribution in [0.25, 0.3) is 0 Å². The molecule has 0 amide bonds. The van der Waals surface area contributed by atoms with E-state index < -0.39 is 0 Å². The van der Waals surface area contributed by atoms with Crippen molar-refractivity contribution in [3.63, 3.8) is 0 Å². The Morgan fingerprint density at radius 2 is 1.80 bits per heavy atom. The average molecular weight is 468 g/mol. The van der Waals surface area contributed by atoms with Crippen LogP contribution in [0.4, 0.5) is 0 Å². The zero-order valence-electron chi connectivity index (χ0n) is 21.0. The molecule has 1 unspecified atom stereocenters. The lowest BCUT2D eigenvalue weighted by atomic mass is 9.87. The first kappa shape index (κ1) is 24.9. The van der Waals surface area contributed by atoms with E-state index >= 15 is 0 Å². The molecule has 2 atom stereocenters. The van der Waals surface area contributed by atoms with E-state index in [1.54, 1.807) is 0 Å². The molecular weight excluding hydrogens is 430 g/mol. The summed E-state index contributed by atoms with van der Waals surface area (Å²) in [4.78, 5) is 11.6. The van der Waals surface area contributed by atoms with Gasteiger partial charge in [0.15, 0.2) is 6.29 Å². The second-order valence-corrected chi connectivity index (χ2v) is 9.41. The van der Waals surface area contributed by atoms with Gasteiger partial charge in [-0.05, 0) is 62.8 Å². The molecule has 0 saturated heterocycles. The highest BCUT2D eigenvalue weighted by Gasteiger charge is 2.28. The molecule has 182 valence electrons. The second kappa shape index (κ2) is 12.5. The summed E-state index contributed by atoms with van der Waals surface area (Å²) in [5.74, 6) is 0.360. The Bertz CT molecular complexity index is 1140. The zero-order valence-corrected chi connectivity index (χ0v) is 21.0. The number of allylic oxidation sites excluding steroid dienone is 4. The average Bonchev–Trinajstić information content (AvgIpc) is 3.11. The van der Waals surface area contributed by atoms with Crippen LogP contribution in [-0.4, -0.2) is 23.1 Å². The van der Waals surface area contributed by atoms with Crippen molar-refractivity contribution in [1.82, 2.24) is 15.1 Å². The molecule has 0 bridgehead atoms. The number of nitrogens with one attached hydrogen (secondary N) is 1. The number of nitrogens with zero attached hydrogens (tertiary/aromatic N) is 2. The molecule has 0 spiro atoms. The normalized spacial score (nSPS) is 17.9. The van der Waals surface area contributed by atoms with Crippen LogP contribution in [0.1, 0.15) is 83.9 Å². The van der Waals surface area contributed by atoms with Gasteiger partial charge < -0.3 is 5.32 Å². The van der Waals surface area contributed by atoms with Crippen LogP contribution in [0, 0.1) is 0 Å². The molecular formula is C31H37N3O. The van der Waals surface area contributed by atoms with E-state index in [4.69, 9.17) is 0 Å². The lowest BCUT2D eigenvalue weighted by molar-refractivity contribution is 0.111. The number of aromatic nitrogens is 2. The Labute approximate surface area is 209 Å². The minimum atomic E-state index is 0.360. The topological polar surface area (TPSA) is 46.9 Å². The number of benzene rings is 2. The van der Waals surface area contributed by atoms with Crippen LogP contribution < -0.4 is 5.32 Å². The maximum Gasteiger partial charge on any atom is 0.170 e. The van der Waals surface area contributed by atoms with Crippen LogP contribution >= 0.6 is 0 Å². The van der Waals surface area contributed by atoms with Gasteiger partial charge >= 0.3 is 0 Å². The summed E-state index contributed by atoms with van der Waals surface area (Å²) >= 11 is 0. The third-order valence-corrected chi connectivity index (χ3v) is 7.07. The van der Waals surface area contributed by atoms with Gasteiger partial charge in [0.1, 0.15) is 5.69 Å². The van der Waals surface area contributed by atoms with E-state index in [9.17, 15) is 4.79 Å². The van der Waals surface area contributed by atoms with E-state index in [0.29, 0.717) is 17.7 Å². The molecule has 1 aromatic heterocycles. The number of hydrogen-bond acceptors (Lipinski definition) is 3. The summed E-state index contributed by atoms with van der Waals surface area (Å²) in [6.45, 7) is 2.87. The third-order valence-electron chi connectivity index (χ3n) is 7.07. The molecule has 2 aliphatic carbocycles. The SMILES string of the molecule is CN[C@@H](C)c1ccccc1.O=Cc1nn(Cc2ccccc2)c2c1CCCCC2C1=CCCC=C1. The van der Waals surface area contributed by atoms with Crippen LogP contribution in [0.3, 0.4) is 0 Å². The summed E-state index contributed by atoms with van der Waals surface area (Å²) in [5.41, 5.74) is 7.04. The molecule has 3 aromatic rings. The van der Waals surface area contributed by atoms with Crippen LogP contribution in [-0.2, 0) is 13.0 Å². The lowest BCUT2D eigenvalue weighted by Crippen LogP contribution is -2.13. The van der Waals surface area contributed by atoms with Gasteiger partial charge in [-0.1, -0.05) is 85.3 Å². The van der Waals surface area contributed by atoms with Crippen molar-refractivity contribution in [2.24, 2.45) is 0 Å². The van der Waals surface area contributed by atoms with Crippen molar-refractivity contribution in [3.8, 4) is 0 Å². The summed E-state index contributed by atoms with van der Waals surface area (Å²) in [6, 6.07) is 21.3. The fraction of sp³-hybridized carbons (Fsp3) is 0.355. The van der Waals surface area contributed by atoms with Gasteiger partial charge in [0.25, 0.3) is 0 Å². The quantitative estimate of drug-likeness (QED) is 0.320. The molecule has 0 radical (unpaired) electrons. The van der Waals surface area contributed by atoms with Gasteiger partial charge in [0.2, 0.25) is 0 Å². The minimum Gasteiger partial charge on any atom is -0.313 e. The van der Waals surface area contributed by atoms with Crippen molar-refractivity contribution < 1.29 is 4.79 Å². The van der Waals surface area contributed by atoms with Crippen molar-refractivity contribution in [2.45, 2.75) is 64.0 Å². The number of aldehydes is 1. The van der Waals surface area contributed by atoms with Gasteiger partial charge in [0, 0.05) is 17.5 Å². The van der Waals surface area contributed by atoms with E-state index in [1.165, 1.54) is 34.4 Å². The fourth-order valence-corrected chi connectivity index (χ4v) is 5.06. The zero-order chi connectivity index (χ0) is 24.5. The van der Waals surface area contributed by atoms with E-state index in [1.807, 2.05) is 19.2 Å². The summed E-state index contributed by atoms with van der Waals surface area (Å²) in [7, 11) is 1.97. The number of carbonyl (C=O) groups is 1. The molecule has 1 heterocycles. The first-order valence-corrected chi connectivity index (χ1v) is 12.9. The summed E-state index contributed by atoms with van der Waals surface area (Å²) in [5, 5.41) is 7.87. The Morgan fingerprint density at radius 3 is 2.46 bits per heavy atom. The highest BCUT2D eigenvalue weighted by Crippen LogP contribution is 2.39. The highest BCUT2D eigenvalue weighted by molar-refractivity contribution is 5.75. The number of carbonyl (C=O) groups excluding carboxylic acids is 1. The Hall–Kier alpha value is -3.24. The summed E-state index contributed by atoms with van der Waals surface area (Å²) < 4.78 is 2.09. The van der Waals surface area contributed by atoms with Crippen molar-refractivity contribution in [1.29, 1.82) is 0 Å². The van der Waals surface area contributed by atoms with E-state index in [-0.39, 0.29) is 0 Å². The molecule has 4 heteroatoms. The molecule has 5 rings (SSSR count). The van der Waals surface area contributed by atoms with Crippen molar-refractivity contribution in [2.75, 3.05) is 7.05 Å². The Balaban J connectivity index is 0.000000243. The maximum atomic E-state index is 11.6. The number of fused-ring (bicyclic) bond motifs is 1. The van der Waals surface area contributed by atoms with Gasteiger partial charge in [0.05, 0.1) is 12.2 Å². The molecule has 35 heavy (non-hydrogen) atoms. The molecule has 0 aliphatic heterocycles. The van der Waals surface area contributed by atoms with Crippen molar-refractivity contribution in [3.05, 3.63) is 113 Å². The van der Waals surface area contributed by atoms with Gasteiger partial charge in [-0.25, -0.2) is 0 Å². The third kappa shape index (κ3) is 6.26. The van der Waals surface area contributed by atoms with Gasteiger partial charge in [-0.3, -0.25) is 9.48 Å². The first-order chi connectivity index (χ1) is 17.2. The monoisotopic (exact) mass is 467 g/mol. The summed E-state index contributed by atoms with van der Waals surface area (Å²) in [6.07, 6.45) is 14.6. The predicted octanol–water partition coefficient (Wildman–Crippen LogP) is 6.80. The molecule has 1 N–H and O–H groups in total. The molecule has 0 saturated carbocycles. The van der Waals surface area contributed by atoms with Crippen molar-refractivity contribution >= 4 is 6.29 Å². The van der Waals surface area contributed by atoms with Gasteiger partial charge in [-0.2, -0.15) is 5.10 Å². The Kier molecular flexibility index (Phi) is 8.85. The van der Waals surface area contributed by atoms with Gasteiger partial charge in [-0.15, -0.1) is 0 Å². The standard InChI is InChI=1S/C22H24N2O.C9H13N/c25-16-21-20-14-8-7-13-19(18-11-5-2-6-12-18)22(20)24(23-21)15-17-9-3-1-4-10-17;1-8(10-2)9-6-4-3-5-7-9/h1,3-5,9-12,16,19H,2,6-8,13-15H2;3-8,10H,1-2H3/t;8-/m.0/s1. The largest absolute Gasteiger partial charge is 0.313 e. The van der Waals surface area contributed by atoms with Crippen LogP contribution in [0.15, 0.2) is 84.5 Å². The smallest absolute Gasteiger partial charge is 0.170 e. The fourth-order valence-electron chi connectivity index (χ4n) is 5.06. The maximum absolute atomic E-state index is 11.6. The van der Waals surface area contributed by atoms with E-state index in [2.05, 4.69) is 88.8 Å². The molecule has 4 nitrogen and oxygen atoms in total. The number of hydrogen-bond donors (Lipinski definition) is 1. The molecule has 2 aliphatic rings. The second-order valence-electron chi connectivity index (χ2n) is 9.41. The Morgan fingerprint density at radius 1 is 1.06 bits per heavy atom. The molecule has 0 fully saturated rings. The number of rotatable bonds is 6. The van der Waals surface area contributed by atoms with E-state index in [0.717, 1.165) is 44.9 Å². The highest BCUT2D eigenvalue weighted by atomic mass is 16.1. The predicted molar refractivity (Wildman–Crippen MR) is 144 cm³/mol. The first-order valence-electron chi connectivity index (χ1n) is 12.9. The van der Waals surface area contributed by atoms with Crippen LogP contribution in [0.2, 0.25) is 0 Å².